The zero-order valence-corrected chi connectivity index (χ0v) is 15.3. The van der Waals surface area contributed by atoms with Crippen molar-refractivity contribution in [2.24, 2.45) is 0 Å². The van der Waals surface area contributed by atoms with Crippen LogP contribution in [0.2, 0.25) is 0 Å². The summed E-state index contributed by atoms with van der Waals surface area (Å²) < 4.78 is 26.9. The van der Waals surface area contributed by atoms with Crippen LogP contribution in [0.3, 0.4) is 0 Å². The number of hydrogen-bond acceptors (Lipinski definition) is 7. The van der Waals surface area contributed by atoms with Crippen LogP contribution in [-0.2, 0) is 9.47 Å². The Morgan fingerprint density at radius 2 is 1.76 bits per heavy atom. The van der Waals surface area contributed by atoms with Crippen LogP contribution in [0.15, 0.2) is 28.8 Å². The number of ether oxygens (including phenoxy) is 4. The molecule has 0 saturated heterocycles. The lowest BCUT2D eigenvalue weighted by Gasteiger charge is -2.20. The zero-order chi connectivity index (χ0) is 18.1. The quantitative estimate of drug-likeness (QED) is 0.617. The molecule has 0 bridgehead atoms. The average molecular weight is 350 g/mol. The van der Waals surface area contributed by atoms with Crippen LogP contribution in [0.5, 0.6) is 11.5 Å². The molecule has 138 valence electrons. The molecule has 25 heavy (non-hydrogen) atoms. The van der Waals surface area contributed by atoms with Crippen LogP contribution in [0.1, 0.15) is 6.92 Å². The summed E-state index contributed by atoms with van der Waals surface area (Å²) in [6.45, 7) is 5.08. The summed E-state index contributed by atoms with van der Waals surface area (Å²) in [5.74, 6) is 2.81. The largest absolute Gasteiger partial charge is 0.497 e. The minimum atomic E-state index is 0.551. The fourth-order valence-electron chi connectivity index (χ4n) is 2.39. The van der Waals surface area contributed by atoms with Gasteiger partial charge in [-0.05, 0) is 19.1 Å². The van der Waals surface area contributed by atoms with E-state index < -0.39 is 0 Å². The normalized spacial score (nSPS) is 10.7. The first-order chi connectivity index (χ1) is 12.2. The second kappa shape index (κ2) is 9.90. The molecule has 1 heterocycles. The molecular formula is C18H26N2O5. The Labute approximate surface area is 148 Å². The molecule has 0 fully saturated rings. The smallest absolute Gasteiger partial charge is 0.172 e. The maximum absolute atomic E-state index is 5.71. The molecule has 0 saturated carbocycles. The highest BCUT2D eigenvalue weighted by molar-refractivity contribution is 5.69. The van der Waals surface area contributed by atoms with Crippen molar-refractivity contribution in [1.82, 2.24) is 5.16 Å². The first-order valence-corrected chi connectivity index (χ1v) is 8.24. The van der Waals surface area contributed by atoms with Gasteiger partial charge in [0.25, 0.3) is 0 Å². The van der Waals surface area contributed by atoms with Gasteiger partial charge in [-0.1, -0.05) is 5.16 Å². The van der Waals surface area contributed by atoms with Crippen LogP contribution in [0.4, 0.5) is 5.82 Å². The van der Waals surface area contributed by atoms with Gasteiger partial charge < -0.3 is 28.4 Å². The van der Waals surface area contributed by atoms with Crippen molar-refractivity contribution in [2.45, 2.75) is 6.92 Å². The molecule has 1 aromatic heterocycles. The SMILES string of the molecule is CCOc1cc(OC)ccc1-c1cc(N(CCOC)CCOC)no1. The standard InChI is InChI=1S/C18H26N2O5/c1-5-24-16-12-14(23-4)6-7-15(16)17-13-18(19-25-17)20(8-10-21-2)9-11-22-3/h6-7,12-13H,5,8-11H2,1-4H3. The number of methoxy groups -OCH3 is 3. The van der Waals surface area contributed by atoms with Crippen molar-refractivity contribution in [2.75, 3.05) is 59.1 Å². The van der Waals surface area contributed by atoms with Gasteiger partial charge in [-0.15, -0.1) is 0 Å². The van der Waals surface area contributed by atoms with Gasteiger partial charge in [0.05, 0.1) is 32.5 Å². The fourth-order valence-corrected chi connectivity index (χ4v) is 2.39. The molecule has 0 aliphatic heterocycles. The molecule has 1 aromatic carbocycles. The molecule has 2 aromatic rings. The van der Waals surface area contributed by atoms with E-state index in [2.05, 4.69) is 10.1 Å². The van der Waals surface area contributed by atoms with Crippen LogP contribution in [0, 0.1) is 0 Å². The van der Waals surface area contributed by atoms with Crippen LogP contribution in [0.25, 0.3) is 11.3 Å². The van der Waals surface area contributed by atoms with E-state index in [0.717, 1.165) is 17.1 Å². The Bertz CT molecular complexity index is 636. The third-order valence-electron chi connectivity index (χ3n) is 3.71. The van der Waals surface area contributed by atoms with Gasteiger partial charge in [0.1, 0.15) is 11.5 Å². The van der Waals surface area contributed by atoms with E-state index in [1.165, 1.54) is 0 Å². The van der Waals surface area contributed by atoms with Crippen molar-refractivity contribution < 1.29 is 23.5 Å². The van der Waals surface area contributed by atoms with Crippen molar-refractivity contribution >= 4 is 5.82 Å². The summed E-state index contributed by atoms with van der Waals surface area (Å²) in [5.41, 5.74) is 0.833. The van der Waals surface area contributed by atoms with Crippen LogP contribution < -0.4 is 14.4 Å². The summed E-state index contributed by atoms with van der Waals surface area (Å²) in [7, 11) is 4.98. The van der Waals surface area contributed by atoms with Crippen molar-refractivity contribution in [3.05, 3.63) is 24.3 Å². The van der Waals surface area contributed by atoms with E-state index >= 15 is 0 Å². The third-order valence-corrected chi connectivity index (χ3v) is 3.71. The second-order valence-electron chi connectivity index (χ2n) is 5.32. The number of anilines is 1. The Morgan fingerprint density at radius 3 is 2.36 bits per heavy atom. The van der Waals surface area contributed by atoms with Gasteiger partial charge in [0.2, 0.25) is 0 Å². The summed E-state index contributed by atoms with van der Waals surface area (Å²) in [6, 6.07) is 7.51. The molecule has 7 heteroatoms. The molecule has 0 amide bonds. The molecule has 2 rings (SSSR count). The number of aromatic nitrogens is 1. The molecule has 0 N–H and O–H groups in total. The predicted molar refractivity (Wildman–Crippen MR) is 95.6 cm³/mol. The Kier molecular flexibility index (Phi) is 7.56. The third kappa shape index (κ3) is 5.11. The summed E-state index contributed by atoms with van der Waals surface area (Å²) in [6.07, 6.45) is 0. The monoisotopic (exact) mass is 350 g/mol. The van der Waals surface area contributed by atoms with E-state index in [1.807, 2.05) is 31.2 Å². The molecule has 0 aliphatic rings. The maximum Gasteiger partial charge on any atom is 0.172 e. The minimum absolute atomic E-state index is 0.551. The van der Waals surface area contributed by atoms with Gasteiger partial charge in [0, 0.05) is 39.4 Å². The summed E-state index contributed by atoms with van der Waals surface area (Å²) in [4.78, 5) is 2.06. The van der Waals surface area contributed by atoms with Gasteiger partial charge in [0.15, 0.2) is 11.6 Å². The maximum atomic E-state index is 5.71. The van der Waals surface area contributed by atoms with Crippen molar-refractivity contribution in [3.8, 4) is 22.8 Å². The molecular weight excluding hydrogens is 324 g/mol. The van der Waals surface area contributed by atoms with Crippen molar-refractivity contribution in [3.63, 3.8) is 0 Å². The molecule has 0 radical (unpaired) electrons. The predicted octanol–water partition coefficient (Wildman–Crippen LogP) is 2.85. The van der Waals surface area contributed by atoms with Gasteiger partial charge in [-0.25, -0.2) is 0 Å². The lowest BCUT2D eigenvalue weighted by molar-refractivity contribution is 0.189. The minimum Gasteiger partial charge on any atom is -0.497 e. The fraction of sp³-hybridized carbons (Fsp3) is 0.500. The molecule has 7 nitrogen and oxygen atoms in total. The van der Waals surface area contributed by atoms with Crippen LogP contribution >= 0.6 is 0 Å². The number of rotatable bonds is 11. The number of hydrogen-bond donors (Lipinski definition) is 0. The molecule has 0 atom stereocenters. The second-order valence-corrected chi connectivity index (χ2v) is 5.32. The van der Waals surface area contributed by atoms with Crippen molar-refractivity contribution in [1.29, 1.82) is 0 Å². The Hall–Kier alpha value is -2.25. The highest BCUT2D eigenvalue weighted by Crippen LogP contribution is 2.35. The van der Waals surface area contributed by atoms with E-state index in [1.54, 1.807) is 21.3 Å². The van der Waals surface area contributed by atoms with E-state index in [-0.39, 0.29) is 0 Å². The van der Waals surface area contributed by atoms with Gasteiger partial charge in [-0.3, -0.25) is 0 Å². The topological polar surface area (TPSA) is 66.2 Å². The summed E-state index contributed by atoms with van der Waals surface area (Å²) in [5, 5.41) is 4.20. The summed E-state index contributed by atoms with van der Waals surface area (Å²) >= 11 is 0. The average Bonchev–Trinajstić information content (AvgIpc) is 3.11. The molecule has 0 unspecified atom stereocenters. The van der Waals surface area contributed by atoms with E-state index in [9.17, 15) is 0 Å². The molecule has 0 spiro atoms. The van der Waals surface area contributed by atoms with Gasteiger partial charge >= 0.3 is 0 Å². The van der Waals surface area contributed by atoms with E-state index in [4.69, 9.17) is 23.5 Å². The first-order valence-electron chi connectivity index (χ1n) is 8.24. The highest BCUT2D eigenvalue weighted by Gasteiger charge is 2.17. The number of nitrogens with zero attached hydrogens (tertiary/aromatic N) is 2. The van der Waals surface area contributed by atoms with Gasteiger partial charge in [-0.2, -0.15) is 0 Å². The lowest BCUT2D eigenvalue weighted by Crippen LogP contribution is -2.30. The lowest BCUT2D eigenvalue weighted by atomic mass is 10.1. The first kappa shape index (κ1) is 19.1. The van der Waals surface area contributed by atoms with E-state index in [0.29, 0.717) is 44.4 Å². The van der Waals surface area contributed by atoms with Crippen LogP contribution in [-0.4, -0.2) is 59.4 Å². The highest BCUT2D eigenvalue weighted by atomic mass is 16.5. The molecule has 0 aliphatic carbocycles. The zero-order valence-electron chi connectivity index (χ0n) is 15.3. The number of benzene rings is 1. The Balaban J connectivity index is 2.26. The Morgan fingerprint density at radius 1 is 1.04 bits per heavy atom.